The van der Waals surface area contributed by atoms with Crippen molar-refractivity contribution in [1.82, 2.24) is 25.9 Å². The Hall–Kier alpha value is -3.97. The first-order valence-electron chi connectivity index (χ1n) is 12.9. The van der Waals surface area contributed by atoms with E-state index in [2.05, 4.69) is 25.9 Å². The number of unbranched alkanes of at least 4 members (excludes halogenated alkanes) is 1. The number of nitrogens with one attached hydrogen (secondary N) is 4. The fourth-order valence-corrected chi connectivity index (χ4v) is 3.77. The minimum absolute atomic E-state index is 0.00189. The number of imidazole rings is 1. The molecule has 214 valence electrons. The molecule has 2 aromatic rings. The van der Waals surface area contributed by atoms with Crippen molar-refractivity contribution < 1.29 is 29.4 Å². The van der Waals surface area contributed by atoms with Gasteiger partial charge >= 0.3 is 5.97 Å². The van der Waals surface area contributed by atoms with Crippen LogP contribution in [0.15, 0.2) is 36.8 Å². The molecule has 3 amide bonds. The summed E-state index contributed by atoms with van der Waals surface area (Å²) in [4.78, 5) is 57.9. The number of phenolic OH excluding ortho intramolecular Hbond substituents is 1. The molecule has 39 heavy (non-hydrogen) atoms. The number of nitrogens with zero attached hydrogens (tertiary/aromatic N) is 1. The number of phenols is 1. The van der Waals surface area contributed by atoms with E-state index >= 15 is 0 Å². The maximum absolute atomic E-state index is 13.5. The lowest BCUT2D eigenvalue weighted by atomic mass is 10.0. The zero-order valence-corrected chi connectivity index (χ0v) is 22.2. The van der Waals surface area contributed by atoms with Crippen LogP contribution in [0.2, 0.25) is 0 Å². The number of aromatic nitrogens is 2. The maximum atomic E-state index is 13.5. The molecule has 1 heterocycles. The smallest absolute Gasteiger partial charge is 0.326 e. The first kappa shape index (κ1) is 31.2. The van der Waals surface area contributed by atoms with Crippen LogP contribution in [-0.4, -0.2) is 74.6 Å². The van der Waals surface area contributed by atoms with Crippen molar-refractivity contribution in [1.29, 1.82) is 0 Å². The molecular weight excluding hydrogens is 506 g/mol. The molecule has 0 aliphatic heterocycles. The summed E-state index contributed by atoms with van der Waals surface area (Å²) in [5.41, 5.74) is 12.6. The Bertz CT molecular complexity index is 1070. The number of nitrogens with two attached hydrogens (primary N) is 2. The van der Waals surface area contributed by atoms with Gasteiger partial charge in [-0.3, -0.25) is 14.4 Å². The quantitative estimate of drug-likeness (QED) is 0.128. The van der Waals surface area contributed by atoms with Crippen molar-refractivity contribution in [3.05, 3.63) is 48.0 Å². The van der Waals surface area contributed by atoms with Gasteiger partial charge in [0, 0.05) is 24.7 Å². The number of carbonyl (C=O) groups excluding carboxylic acids is 3. The summed E-state index contributed by atoms with van der Waals surface area (Å²) < 4.78 is 0. The number of aromatic amines is 1. The standard InChI is InChI=1S/C26H39N7O6/c1-15(2)22(28)25(37)33-20(11-16-6-8-18(34)9-7-16)23(35)32-21(12-17-13-29-14-30-17)24(36)31-19(26(38)39)5-3-4-10-27/h6-9,13-15,19-22,34H,3-5,10-12,27-28H2,1-2H3,(H,29,30)(H,31,36)(H,32,35)(H,33,37)(H,38,39). The number of benzene rings is 1. The fourth-order valence-electron chi connectivity index (χ4n) is 3.77. The van der Waals surface area contributed by atoms with Gasteiger partial charge in [-0.2, -0.15) is 0 Å². The average Bonchev–Trinajstić information content (AvgIpc) is 3.41. The lowest BCUT2D eigenvalue weighted by molar-refractivity contribution is -0.142. The van der Waals surface area contributed by atoms with E-state index in [1.807, 2.05) is 0 Å². The summed E-state index contributed by atoms with van der Waals surface area (Å²) in [5.74, 6) is -3.25. The summed E-state index contributed by atoms with van der Waals surface area (Å²) in [6.45, 7) is 3.94. The normalized spacial score (nSPS) is 14.2. The number of carboxylic acid groups (broad SMARTS) is 1. The van der Waals surface area contributed by atoms with Gasteiger partial charge in [-0.1, -0.05) is 26.0 Å². The van der Waals surface area contributed by atoms with Gasteiger partial charge in [0.05, 0.1) is 12.4 Å². The number of aromatic hydroxyl groups is 1. The topological polar surface area (TPSA) is 226 Å². The van der Waals surface area contributed by atoms with E-state index in [0.717, 1.165) is 0 Å². The highest BCUT2D eigenvalue weighted by atomic mass is 16.4. The number of amides is 3. The van der Waals surface area contributed by atoms with Crippen molar-refractivity contribution >= 4 is 23.7 Å². The number of carboxylic acids is 1. The minimum Gasteiger partial charge on any atom is -0.508 e. The van der Waals surface area contributed by atoms with Crippen LogP contribution in [-0.2, 0) is 32.0 Å². The highest BCUT2D eigenvalue weighted by Crippen LogP contribution is 2.13. The van der Waals surface area contributed by atoms with E-state index in [1.165, 1.54) is 24.7 Å². The molecule has 4 unspecified atom stereocenters. The van der Waals surface area contributed by atoms with E-state index in [4.69, 9.17) is 11.5 Å². The molecule has 0 saturated heterocycles. The summed E-state index contributed by atoms with van der Waals surface area (Å²) in [7, 11) is 0. The van der Waals surface area contributed by atoms with Crippen LogP contribution >= 0.6 is 0 Å². The third-order valence-electron chi connectivity index (χ3n) is 6.20. The van der Waals surface area contributed by atoms with Crippen LogP contribution < -0.4 is 27.4 Å². The van der Waals surface area contributed by atoms with Crippen molar-refractivity contribution in [2.24, 2.45) is 17.4 Å². The van der Waals surface area contributed by atoms with Gasteiger partial charge in [-0.25, -0.2) is 9.78 Å². The van der Waals surface area contributed by atoms with Gasteiger partial charge in [0.15, 0.2) is 0 Å². The number of hydrogen-bond donors (Lipinski definition) is 8. The molecule has 0 saturated carbocycles. The van der Waals surface area contributed by atoms with Gasteiger partial charge in [0.2, 0.25) is 17.7 Å². The summed E-state index contributed by atoms with van der Waals surface area (Å²) >= 11 is 0. The molecule has 0 bridgehead atoms. The van der Waals surface area contributed by atoms with Crippen LogP contribution in [0.1, 0.15) is 44.4 Å². The molecule has 10 N–H and O–H groups in total. The Morgan fingerprint density at radius 2 is 1.51 bits per heavy atom. The van der Waals surface area contributed by atoms with Crippen LogP contribution in [0.5, 0.6) is 5.75 Å². The molecule has 1 aromatic heterocycles. The van der Waals surface area contributed by atoms with Crippen LogP contribution in [0.25, 0.3) is 0 Å². The molecule has 0 radical (unpaired) electrons. The molecule has 1 aromatic carbocycles. The molecular formula is C26H39N7O6. The molecule has 2 rings (SSSR count). The van der Waals surface area contributed by atoms with E-state index in [1.54, 1.807) is 26.0 Å². The lowest BCUT2D eigenvalue weighted by Gasteiger charge is -2.26. The number of rotatable bonds is 16. The van der Waals surface area contributed by atoms with E-state index < -0.39 is 47.9 Å². The van der Waals surface area contributed by atoms with Gasteiger partial charge < -0.3 is 42.6 Å². The first-order valence-corrected chi connectivity index (χ1v) is 12.9. The van der Waals surface area contributed by atoms with E-state index in [-0.39, 0.29) is 30.9 Å². The zero-order chi connectivity index (χ0) is 28.9. The summed E-state index contributed by atoms with van der Waals surface area (Å²) in [5, 5.41) is 27.0. The van der Waals surface area contributed by atoms with Crippen molar-refractivity contribution in [3.63, 3.8) is 0 Å². The highest BCUT2D eigenvalue weighted by molar-refractivity contribution is 5.94. The Morgan fingerprint density at radius 3 is 2.05 bits per heavy atom. The number of hydrogen-bond acceptors (Lipinski definition) is 8. The number of carbonyl (C=O) groups is 4. The van der Waals surface area contributed by atoms with Gasteiger partial charge in [0.25, 0.3) is 0 Å². The van der Waals surface area contributed by atoms with Crippen molar-refractivity contribution in [2.45, 2.75) is 70.1 Å². The van der Waals surface area contributed by atoms with E-state index in [0.29, 0.717) is 30.6 Å². The van der Waals surface area contributed by atoms with Crippen molar-refractivity contribution in [3.8, 4) is 5.75 Å². The minimum atomic E-state index is -1.20. The molecule has 0 aliphatic carbocycles. The average molecular weight is 546 g/mol. The highest BCUT2D eigenvalue weighted by Gasteiger charge is 2.31. The van der Waals surface area contributed by atoms with Crippen LogP contribution in [0, 0.1) is 5.92 Å². The Balaban J connectivity index is 2.26. The first-order chi connectivity index (χ1) is 18.5. The molecule has 0 fully saturated rings. The molecule has 0 aliphatic rings. The predicted octanol–water partition coefficient (Wildman–Crippen LogP) is -0.448. The lowest BCUT2D eigenvalue weighted by Crippen LogP contribution is -2.58. The maximum Gasteiger partial charge on any atom is 0.326 e. The molecule has 13 nitrogen and oxygen atoms in total. The van der Waals surface area contributed by atoms with Gasteiger partial charge in [-0.05, 0) is 49.4 Å². The summed E-state index contributed by atoms with van der Waals surface area (Å²) in [6, 6.07) is 1.82. The van der Waals surface area contributed by atoms with Crippen molar-refractivity contribution in [2.75, 3.05) is 6.54 Å². The zero-order valence-electron chi connectivity index (χ0n) is 22.2. The van der Waals surface area contributed by atoms with Crippen LogP contribution in [0.4, 0.5) is 0 Å². The monoisotopic (exact) mass is 545 g/mol. The third-order valence-corrected chi connectivity index (χ3v) is 6.20. The third kappa shape index (κ3) is 10.4. The Kier molecular flexibility index (Phi) is 12.4. The van der Waals surface area contributed by atoms with Gasteiger partial charge in [0.1, 0.15) is 23.9 Å². The molecule has 13 heteroatoms. The number of H-pyrrole nitrogens is 1. The summed E-state index contributed by atoms with van der Waals surface area (Å²) in [6.07, 6.45) is 4.23. The SMILES string of the molecule is CC(C)C(N)C(=O)NC(Cc1ccc(O)cc1)C(=O)NC(Cc1cnc[nH]1)C(=O)NC(CCCCN)C(=O)O. The van der Waals surface area contributed by atoms with Gasteiger partial charge in [-0.15, -0.1) is 0 Å². The molecule has 0 spiro atoms. The molecule has 4 atom stereocenters. The second kappa shape index (κ2) is 15.4. The predicted molar refractivity (Wildman–Crippen MR) is 143 cm³/mol. The number of aliphatic carboxylic acids is 1. The fraction of sp³-hybridized carbons (Fsp3) is 0.500. The second-order valence-corrected chi connectivity index (χ2v) is 9.73. The second-order valence-electron chi connectivity index (χ2n) is 9.73. The van der Waals surface area contributed by atoms with E-state index in [9.17, 15) is 29.4 Å². The Morgan fingerprint density at radius 1 is 0.923 bits per heavy atom. The van der Waals surface area contributed by atoms with Crippen LogP contribution in [0.3, 0.4) is 0 Å². The largest absolute Gasteiger partial charge is 0.508 e. The Labute approximate surface area is 227 Å².